The van der Waals surface area contributed by atoms with Crippen molar-refractivity contribution < 1.29 is 19.3 Å². The number of carbonyl (C=O) groups excluding carboxylic acids is 3. The van der Waals surface area contributed by atoms with Gasteiger partial charge in [0.15, 0.2) is 0 Å². The number of nitro groups is 1. The Bertz CT molecular complexity index is 1120. The van der Waals surface area contributed by atoms with Crippen LogP contribution in [0.2, 0.25) is 10.0 Å². The first-order valence-corrected chi connectivity index (χ1v) is 10.5. The number of rotatable bonds is 5. The van der Waals surface area contributed by atoms with Crippen LogP contribution in [-0.2, 0) is 9.59 Å². The molecule has 1 saturated heterocycles. The van der Waals surface area contributed by atoms with Crippen LogP contribution in [0.15, 0.2) is 45.8 Å². The number of para-hydroxylation sites is 1. The lowest BCUT2D eigenvalue weighted by Gasteiger charge is -2.13. The van der Waals surface area contributed by atoms with Crippen molar-refractivity contribution >= 4 is 85.4 Å². The highest BCUT2D eigenvalue weighted by atomic mass is 79.9. The van der Waals surface area contributed by atoms with Gasteiger partial charge in [-0.25, -0.2) is 0 Å². The number of carbonyl (C=O) groups is 3. The van der Waals surface area contributed by atoms with Crippen molar-refractivity contribution in [2.24, 2.45) is 0 Å². The van der Waals surface area contributed by atoms with Gasteiger partial charge in [-0.3, -0.25) is 29.4 Å². The van der Waals surface area contributed by atoms with E-state index in [4.69, 9.17) is 23.2 Å². The van der Waals surface area contributed by atoms with Crippen molar-refractivity contribution in [3.63, 3.8) is 0 Å². The van der Waals surface area contributed by atoms with Crippen LogP contribution in [0.25, 0.3) is 6.08 Å². The zero-order valence-corrected chi connectivity index (χ0v) is 18.6. The van der Waals surface area contributed by atoms with E-state index in [0.717, 1.165) is 11.0 Å². The molecule has 3 amide bonds. The first-order chi connectivity index (χ1) is 14.2. The van der Waals surface area contributed by atoms with E-state index < -0.39 is 28.5 Å². The quantitative estimate of drug-likeness (QED) is 0.317. The molecule has 1 heterocycles. The molecule has 2 aromatic carbocycles. The predicted octanol–water partition coefficient (Wildman–Crippen LogP) is 5.34. The molecule has 12 heteroatoms. The molecule has 0 atom stereocenters. The molecule has 30 heavy (non-hydrogen) atoms. The highest BCUT2D eigenvalue weighted by Gasteiger charge is 2.36. The van der Waals surface area contributed by atoms with Gasteiger partial charge in [0.2, 0.25) is 5.91 Å². The number of benzene rings is 2. The van der Waals surface area contributed by atoms with Crippen molar-refractivity contribution in [2.75, 3.05) is 11.9 Å². The fourth-order valence-electron chi connectivity index (χ4n) is 2.48. The Kier molecular flexibility index (Phi) is 6.81. The van der Waals surface area contributed by atoms with Gasteiger partial charge in [0, 0.05) is 21.1 Å². The summed E-state index contributed by atoms with van der Waals surface area (Å²) in [4.78, 5) is 48.2. The minimum atomic E-state index is -0.707. The summed E-state index contributed by atoms with van der Waals surface area (Å²) in [7, 11) is 0. The van der Waals surface area contributed by atoms with E-state index in [1.807, 2.05) is 0 Å². The largest absolute Gasteiger partial charge is 0.324 e. The Morgan fingerprint density at radius 3 is 2.60 bits per heavy atom. The highest BCUT2D eigenvalue weighted by molar-refractivity contribution is 9.10. The van der Waals surface area contributed by atoms with Gasteiger partial charge in [0.1, 0.15) is 11.6 Å². The first kappa shape index (κ1) is 22.3. The average molecular weight is 531 g/mol. The molecular weight excluding hydrogens is 521 g/mol. The Morgan fingerprint density at radius 2 is 1.93 bits per heavy atom. The van der Waals surface area contributed by atoms with Gasteiger partial charge >= 0.3 is 0 Å². The highest BCUT2D eigenvalue weighted by Crippen LogP contribution is 2.36. The van der Waals surface area contributed by atoms with E-state index in [-0.39, 0.29) is 26.2 Å². The number of halogens is 3. The molecule has 0 unspecified atom stereocenters. The zero-order valence-electron chi connectivity index (χ0n) is 14.7. The normalized spacial score (nSPS) is 15.0. The minimum absolute atomic E-state index is 0.0211. The van der Waals surface area contributed by atoms with Crippen LogP contribution >= 0.6 is 50.9 Å². The van der Waals surface area contributed by atoms with Crippen molar-refractivity contribution in [3.8, 4) is 0 Å². The fraction of sp³-hybridized carbons (Fsp3) is 0.0556. The number of thioether (sulfide) groups is 1. The lowest BCUT2D eigenvalue weighted by atomic mass is 10.2. The van der Waals surface area contributed by atoms with Gasteiger partial charge in [-0.2, -0.15) is 0 Å². The summed E-state index contributed by atoms with van der Waals surface area (Å²) >= 11 is 15.7. The van der Waals surface area contributed by atoms with Gasteiger partial charge in [0.25, 0.3) is 16.8 Å². The molecular formula is C18H10BrCl2N3O5S. The summed E-state index contributed by atoms with van der Waals surface area (Å²) in [5.74, 6) is -1.27. The first-order valence-electron chi connectivity index (χ1n) is 8.10. The zero-order chi connectivity index (χ0) is 22.0. The summed E-state index contributed by atoms with van der Waals surface area (Å²) in [6.45, 7) is -0.488. The third kappa shape index (κ3) is 4.84. The van der Waals surface area contributed by atoms with E-state index in [1.165, 1.54) is 12.1 Å². The van der Waals surface area contributed by atoms with E-state index in [1.54, 1.807) is 24.3 Å². The third-order valence-corrected chi connectivity index (χ3v) is 6.10. The molecule has 1 fully saturated rings. The maximum absolute atomic E-state index is 12.6. The van der Waals surface area contributed by atoms with Crippen LogP contribution in [0.1, 0.15) is 5.56 Å². The van der Waals surface area contributed by atoms with Crippen molar-refractivity contribution in [3.05, 3.63) is 71.5 Å². The van der Waals surface area contributed by atoms with E-state index in [2.05, 4.69) is 21.2 Å². The summed E-state index contributed by atoms with van der Waals surface area (Å²) in [5, 5.41) is 12.9. The number of hydrogen-bond donors (Lipinski definition) is 1. The van der Waals surface area contributed by atoms with Crippen molar-refractivity contribution in [1.29, 1.82) is 0 Å². The van der Waals surface area contributed by atoms with Gasteiger partial charge < -0.3 is 5.32 Å². The maximum atomic E-state index is 12.6. The number of hydrogen-bond acceptors (Lipinski definition) is 6. The Hall–Kier alpha value is -2.40. The number of nitrogens with one attached hydrogen (secondary N) is 1. The molecule has 1 aliphatic heterocycles. The average Bonchev–Trinajstić information content (AvgIpc) is 2.93. The molecule has 2 aromatic rings. The molecule has 8 nitrogen and oxygen atoms in total. The molecule has 0 aliphatic carbocycles. The molecule has 0 aromatic heterocycles. The smallest absolute Gasteiger partial charge is 0.294 e. The van der Waals surface area contributed by atoms with Crippen LogP contribution in [-0.4, -0.2) is 33.4 Å². The lowest BCUT2D eigenvalue weighted by Crippen LogP contribution is -2.36. The van der Waals surface area contributed by atoms with Crippen LogP contribution < -0.4 is 5.32 Å². The second kappa shape index (κ2) is 9.17. The van der Waals surface area contributed by atoms with E-state index in [0.29, 0.717) is 21.9 Å². The molecule has 3 rings (SSSR count). The third-order valence-electron chi connectivity index (χ3n) is 3.87. The predicted molar refractivity (Wildman–Crippen MR) is 119 cm³/mol. The number of amides is 3. The van der Waals surface area contributed by atoms with E-state index >= 15 is 0 Å². The Labute approximate surface area is 192 Å². The standard InChI is InChI=1S/C18H10BrCl2N3O5S/c19-10-3-1-2-4-13(10)22-16(25)8-23-17(26)15(30-18(23)27)6-9-5-14(24(28)29)12(21)7-11(9)20/h1-7H,8H2,(H,22,25)/b15-6-. The van der Waals surface area contributed by atoms with Crippen LogP contribution in [0, 0.1) is 10.1 Å². The molecule has 0 saturated carbocycles. The molecule has 0 spiro atoms. The van der Waals surface area contributed by atoms with Crippen molar-refractivity contribution in [2.45, 2.75) is 0 Å². The van der Waals surface area contributed by atoms with Crippen LogP contribution in [0.4, 0.5) is 16.2 Å². The SMILES string of the molecule is O=C(CN1C(=O)S/C(=C\c2cc([N+](=O)[O-])c(Cl)cc2Cl)C1=O)Nc1ccccc1Br. The second-order valence-corrected chi connectivity index (χ2v) is 8.54. The molecule has 1 N–H and O–H groups in total. The monoisotopic (exact) mass is 529 g/mol. The van der Waals surface area contributed by atoms with Gasteiger partial charge in [0.05, 0.1) is 15.5 Å². The Morgan fingerprint density at radius 1 is 1.23 bits per heavy atom. The topological polar surface area (TPSA) is 110 Å². The lowest BCUT2D eigenvalue weighted by molar-refractivity contribution is -0.384. The number of imide groups is 1. The van der Waals surface area contributed by atoms with Crippen LogP contribution in [0.3, 0.4) is 0 Å². The second-order valence-electron chi connectivity index (χ2n) is 5.88. The number of nitrogens with zero attached hydrogens (tertiary/aromatic N) is 2. The van der Waals surface area contributed by atoms with Crippen molar-refractivity contribution in [1.82, 2.24) is 4.90 Å². The van der Waals surface area contributed by atoms with E-state index in [9.17, 15) is 24.5 Å². The summed E-state index contributed by atoms with van der Waals surface area (Å²) < 4.78 is 0.645. The molecule has 1 aliphatic rings. The summed E-state index contributed by atoms with van der Waals surface area (Å²) in [5.41, 5.74) is 0.251. The fourth-order valence-corrected chi connectivity index (χ4v) is 4.20. The Balaban J connectivity index is 1.79. The summed E-state index contributed by atoms with van der Waals surface area (Å²) in [6.07, 6.45) is 1.25. The molecule has 154 valence electrons. The van der Waals surface area contributed by atoms with Crippen LogP contribution in [0.5, 0.6) is 0 Å². The molecule has 0 radical (unpaired) electrons. The van der Waals surface area contributed by atoms with Gasteiger partial charge in [-0.15, -0.1) is 0 Å². The maximum Gasteiger partial charge on any atom is 0.294 e. The molecule has 0 bridgehead atoms. The minimum Gasteiger partial charge on any atom is -0.324 e. The number of anilines is 1. The summed E-state index contributed by atoms with van der Waals surface area (Å²) in [6, 6.07) is 9.17. The van der Waals surface area contributed by atoms with Gasteiger partial charge in [-0.05, 0) is 52.0 Å². The number of nitro benzene ring substituents is 1. The van der Waals surface area contributed by atoms with Gasteiger partial charge in [-0.1, -0.05) is 35.3 Å².